The summed E-state index contributed by atoms with van der Waals surface area (Å²) >= 11 is 0. The van der Waals surface area contributed by atoms with Gasteiger partial charge in [0.2, 0.25) is 0 Å². The van der Waals surface area contributed by atoms with Gasteiger partial charge < -0.3 is 23.7 Å². The van der Waals surface area contributed by atoms with Gasteiger partial charge in [-0.15, -0.1) is 0 Å². The smallest absolute Gasteiger partial charge is 0.305 e. The maximum Gasteiger partial charge on any atom is 0.305 e. The minimum atomic E-state index is -2.60. The van der Waals surface area contributed by atoms with Crippen LogP contribution in [0.5, 0.6) is 0 Å². The van der Waals surface area contributed by atoms with Crippen molar-refractivity contribution in [3.8, 4) is 0 Å². The van der Waals surface area contributed by atoms with E-state index < -0.39 is 13.9 Å². The number of fused-ring (bicyclic) bond motifs is 1. The van der Waals surface area contributed by atoms with Gasteiger partial charge in [-0.3, -0.25) is 4.79 Å². The number of ether oxygens (including phenoxy) is 3. The number of aliphatic hydroxyl groups is 1. The fourth-order valence-corrected chi connectivity index (χ4v) is 10.7. The Labute approximate surface area is 222 Å². The number of hydrogen-bond donors (Lipinski definition) is 1. The van der Waals surface area contributed by atoms with E-state index in [2.05, 4.69) is 81.4 Å². The SMILES string of the molecule is COC(=O)CC[C@H]1C[C@]2(CO)O[C@@H](CCO[Si](c3ccccc3)(c3ccccc3)C(C)(C)C)CC[C@@H]2O1. The van der Waals surface area contributed by atoms with Crippen LogP contribution in [0.1, 0.15) is 59.3 Å². The number of aliphatic hydroxyl groups excluding tert-OH is 1. The van der Waals surface area contributed by atoms with E-state index in [0.717, 1.165) is 19.3 Å². The average Bonchev–Trinajstić information content (AvgIpc) is 3.28. The number of methoxy groups -OCH3 is 1. The molecule has 0 aliphatic carbocycles. The summed E-state index contributed by atoms with van der Waals surface area (Å²) in [6.45, 7) is 7.35. The molecule has 2 aromatic rings. The number of hydrogen-bond acceptors (Lipinski definition) is 6. The van der Waals surface area contributed by atoms with Crippen molar-refractivity contribution in [2.24, 2.45) is 0 Å². The highest BCUT2D eigenvalue weighted by Crippen LogP contribution is 2.43. The third-order valence-corrected chi connectivity index (χ3v) is 13.1. The Morgan fingerprint density at radius 1 is 1.00 bits per heavy atom. The molecule has 0 spiro atoms. The van der Waals surface area contributed by atoms with Crippen LogP contribution in [0.15, 0.2) is 60.7 Å². The van der Waals surface area contributed by atoms with Crippen LogP contribution in [0.3, 0.4) is 0 Å². The Bertz CT molecular complexity index is 968. The quantitative estimate of drug-likeness (QED) is 0.373. The second-order valence-corrected chi connectivity index (χ2v) is 15.7. The number of carbonyl (C=O) groups is 1. The highest BCUT2D eigenvalue weighted by atomic mass is 28.4. The van der Waals surface area contributed by atoms with E-state index in [1.807, 2.05) is 0 Å². The van der Waals surface area contributed by atoms with Gasteiger partial charge >= 0.3 is 5.97 Å². The number of benzene rings is 2. The Hall–Kier alpha value is -2.03. The lowest BCUT2D eigenvalue weighted by Gasteiger charge is -2.44. The first-order valence-corrected chi connectivity index (χ1v) is 15.4. The van der Waals surface area contributed by atoms with Crippen LogP contribution in [0.4, 0.5) is 0 Å². The van der Waals surface area contributed by atoms with Crippen LogP contribution in [0, 0.1) is 0 Å². The highest BCUT2D eigenvalue weighted by molar-refractivity contribution is 6.99. The third kappa shape index (κ3) is 5.86. The van der Waals surface area contributed by atoms with Crippen molar-refractivity contribution in [1.29, 1.82) is 0 Å². The standard InChI is InChI=1S/C30H42O6Si/c1-29(2,3)37(25-11-7-5-8-12-25,26-13-9-6-10-14-26)34-20-19-23-15-17-27-30(22-31,36-23)21-24(35-27)16-18-28(32)33-4/h5-14,23-24,27,31H,15-22H2,1-4H3/t23-,24+,27+,30-/m1/s1. The lowest BCUT2D eigenvalue weighted by Crippen LogP contribution is -2.66. The van der Waals surface area contributed by atoms with Gasteiger partial charge in [-0.25, -0.2) is 0 Å². The molecule has 0 amide bonds. The Balaban J connectivity index is 1.47. The average molecular weight is 527 g/mol. The molecular formula is C30H42O6Si. The molecule has 6 nitrogen and oxygen atoms in total. The predicted molar refractivity (Wildman–Crippen MR) is 147 cm³/mol. The first kappa shape index (κ1) is 28.0. The van der Waals surface area contributed by atoms with Crippen molar-refractivity contribution in [3.05, 3.63) is 60.7 Å². The van der Waals surface area contributed by atoms with E-state index >= 15 is 0 Å². The van der Waals surface area contributed by atoms with E-state index in [4.69, 9.17) is 18.6 Å². The minimum Gasteiger partial charge on any atom is -0.469 e. The molecule has 0 aromatic heterocycles. The molecule has 7 heteroatoms. The number of carbonyl (C=O) groups excluding carboxylic acids is 1. The molecule has 0 radical (unpaired) electrons. The lowest BCUT2D eigenvalue weighted by atomic mass is 9.86. The largest absolute Gasteiger partial charge is 0.469 e. The molecule has 37 heavy (non-hydrogen) atoms. The fourth-order valence-electron chi connectivity index (χ4n) is 6.17. The van der Waals surface area contributed by atoms with Crippen LogP contribution in [-0.2, 0) is 23.4 Å². The molecule has 2 fully saturated rings. The molecule has 0 bridgehead atoms. The number of rotatable bonds is 10. The van der Waals surface area contributed by atoms with Gasteiger partial charge in [0.15, 0.2) is 0 Å². The van der Waals surface area contributed by atoms with Crippen LogP contribution in [0.2, 0.25) is 5.04 Å². The third-order valence-electron chi connectivity index (χ3n) is 8.01. The molecule has 2 aliphatic heterocycles. The molecular weight excluding hydrogens is 484 g/mol. The van der Waals surface area contributed by atoms with Crippen molar-refractivity contribution in [2.75, 3.05) is 20.3 Å². The lowest BCUT2D eigenvalue weighted by molar-refractivity contribution is -0.185. The van der Waals surface area contributed by atoms with E-state index in [0.29, 0.717) is 25.9 Å². The van der Waals surface area contributed by atoms with Crippen molar-refractivity contribution in [2.45, 2.75) is 88.2 Å². The maximum absolute atomic E-state index is 11.6. The van der Waals surface area contributed by atoms with Gasteiger partial charge in [-0.2, -0.15) is 0 Å². The zero-order valence-electron chi connectivity index (χ0n) is 22.7. The second kappa shape index (κ2) is 11.8. The molecule has 4 atom stereocenters. The fraction of sp³-hybridized carbons (Fsp3) is 0.567. The van der Waals surface area contributed by atoms with Gasteiger partial charge in [0.1, 0.15) is 5.60 Å². The highest BCUT2D eigenvalue weighted by Gasteiger charge is 2.53. The van der Waals surface area contributed by atoms with E-state index in [1.54, 1.807) is 0 Å². The van der Waals surface area contributed by atoms with Crippen molar-refractivity contribution in [1.82, 2.24) is 0 Å². The van der Waals surface area contributed by atoms with E-state index in [-0.39, 0.29) is 35.9 Å². The summed E-state index contributed by atoms with van der Waals surface area (Å²) in [5, 5.41) is 12.8. The summed E-state index contributed by atoms with van der Waals surface area (Å²) in [5.74, 6) is -0.240. The van der Waals surface area contributed by atoms with Gasteiger partial charge in [0.05, 0.1) is 32.0 Å². The van der Waals surface area contributed by atoms with Crippen molar-refractivity contribution < 1.29 is 28.5 Å². The van der Waals surface area contributed by atoms with Gasteiger partial charge in [-0.1, -0.05) is 81.4 Å². The molecule has 2 aliphatic rings. The Morgan fingerprint density at radius 2 is 1.62 bits per heavy atom. The summed E-state index contributed by atoms with van der Waals surface area (Å²) in [6.07, 6.45) is 3.67. The summed E-state index contributed by atoms with van der Waals surface area (Å²) in [7, 11) is -1.20. The van der Waals surface area contributed by atoms with Crippen LogP contribution >= 0.6 is 0 Å². The van der Waals surface area contributed by atoms with Crippen molar-refractivity contribution in [3.63, 3.8) is 0 Å². The van der Waals surface area contributed by atoms with E-state index in [1.165, 1.54) is 17.5 Å². The minimum absolute atomic E-state index is 0.00966. The van der Waals surface area contributed by atoms with Gasteiger partial charge in [-0.05, 0) is 41.1 Å². The van der Waals surface area contributed by atoms with Crippen molar-refractivity contribution >= 4 is 24.7 Å². The Morgan fingerprint density at radius 3 is 2.16 bits per heavy atom. The van der Waals surface area contributed by atoms with E-state index in [9.17, 15) is 9.90 Å². The summed E-state index contributed by atoms with van der Waals surface area (Å²) in [4.78, 5) is 11.6. The van der Waals surface area contributed by atoms with Gasteiger partial charge in [0, 0.05) is 19.4 Å². The second-order valence-electron chi connectivity index (χ2n) is 11.4. The van der Waals surface area contributed by atoms with Crippen LogP contribution in [0.25, 0.3) is 0 Å². The van der Waals surface area contributed by atoms with Crippen LogP contribution < -0.4 is 10.4 Å². The first-order valence-electron chi connectivity index (χ1n) is 13.5. The zero-order chi connectivity index (χ0) is 26.5. The summed E-state index contributed by atoms with van der Waals surface area (Å²) < 4.78 is 24.6. The molecule has 2 saturated heterocycles. The molecule has 4 rings (SSSR count). The monoisotopic (exact) mass is 526 g/mol. The summed E-state index contributed by atoms with van der Waals surface area (Å²) in [5.41, 5.74) is -0.707. The molecule has 0 unspecified atom stereocenters. The zero-order valence-corrected chi connectivity index (χ0v) is 23.7. The topological polar surface area (TPSA) is 74.2 Å². The predicted octanol–water partition coefficient (Wildman–Crippen LogP) is 3.97. The molecule has 1 N–H and O–H groups in total. The Kier molecular flexibility index (Phi) is 8.91. The molecule has 2 aromatic carbocycles. The molecule has 0 saturated carbocycles. The van der Waals surface area contributed by atoms with Gasteiger partial charge in [0.25, 0.3) is 8.32 Å². The van der Waals surface area contributed by atoms with Crippen LogP contribution in [-0.4, -0.2) is 63.6 Å². The number of esters is 1. The first-order chi connectivity index (χ1) is 17.7. The normalized spacial score (nSPS) is 26.0. The molecule has 2 heterocycles. The summed E-state index contributed by atoms with van der Waals surface area (Å²) in [6, 6.07) is 21.3. The molecule has 202 valence electrons. The maximum atomic E-state index is 11.6.